The normalized spacial score (nSPS) is 18.9. The largest absolute Gasteiger partial charge is 0.481 e. The second kappa shape index (κ2) is 7.05. The van der Waals surface area contributed by atoms with Crippen LogP contribution in [0.3, 0.4) is 0 Å². The molecule has 0 saturated carbocycles. The van der Waals surface area contributed by atoms with E-state index in [1.807, 2.05) is 0 Å². The third-order valence-corrected chi connectivity index (χ3v) is 7.28. The Labute approximate surface area is 125 Å². The van der Waals surface area contributed by atoms with Crippen LogP contribution in [0.15, 0.2) is 29.2 Å². The highest BCUT2D eigenvalue weighted by Gasteiger charge is 2.29. The van der Waals surface area contributed by atoms with Crippen LogP contribution >= 0.6 is 11.8 Å². The maximum atomic E-state index is 12.5. The number of hydrogen-bond donors (Lipinski definition) is 0. The van der Waals surface area contributed by atoms with E-state index in [-0.39, 0.29) is 4.58 Å². The predicted octanol–water partition coefficient (Wildman–Crippen LogP) is 3.11. The van der Waals surface area contributed by atoms with Gasteiger partial charge in [-0.15, -0.1) is 17.7 Å². The van der Waals surface area contributed by atoms with Crippen LogP contribution in [0, 0.1) is 11.8 Å². The van der Waals surface area contributed by atoms with Gasteiger partial charge < -0.3 is 4.74 Å². The van der Waals surface area contributed by atoms with Gasteiger partial charge in [0, 0.05) is 0 Å². The van der Waals surface area contributed by atoms with Gasteiger partial charge in [0.2, 0.25) is 0 Å². The van der Waals surface area contributed by atoms with Crippen molar-refractivity contribution in [2.75, 3.05) is 12.4 Å². The van der Waals surface area contributed by atoms with Crippen LogP contribution in [0.25, 0.3) is 0 Å². The standard InChI is InChI=1S/C15H18O3S2/c1-2-3-11-18-13-7-9-14(10-8-13)20(16,17)15-6-4-5-12-19-15/h7-10,15H,4-6,11-12H2,1H3. The molecule has 0 aromatic heterocycles. The fourth-order valence-corrected chi connectivity index (χ4v) is 5.63. The summed E-state index contributed by atoms with van der Waals surface area (Å²) in [6.07, 6.45) is 2.85. The van der Waals surface area contributed by atoms with E-state index in [0.717, 1.165) is 25.0 Å². The van der Waals surface area contributed by atoms with E-state index in [4.69, 9.17) is 4.74 Å². The number of hydrogen-bond acceptors (Lipinski definition) is 4. The Balaban J connectivity index is 2.09. The highest BCUT2D eigenvalue weighted by Crippen LogP contribution is 2.33. The molecule has 1 atom stereocenters. The van der Waals surface area contributed by atoms with Gasteiger partial charge in [0.25, 0.3) is 0 Å². The molecule has 1 aliphatic rings. The average Bonchev–Trinajstić information content (AvgIpc) is 2.49. The highest BCUT2D eigenvalue weighted by molar-refractivity contribution is 8.13. The minimum atomic E-state index is -3.22. The first kappa shape index (κ1) is 15.3. The second-order valence-electron chi connectivity index (χ2n) is 4.53. The van der Waals surface area contributed by atoms with Gasteiger partial charge in [-0.05, 0) is 49.8 Å². The summed E-state index contributed by atoms with van der Waals surface area (Å²) in [5, 5.41) is 0. The van der Waals surface area contributed by atoms with Gasteiger partial charge in [-0.3, -0.25) is 0 Å². The molecule has 2 rings (SSSR count). The third-order valence-electron chi connectivity index (χ3n) is 3.12. The Hall–Kier alpha value is -1.12. The molecule has 20 heavy (non-hydrogen) atoms. The minimum Gasteiger partial charge on any atom is -0.481 e. The van der Waals surface area contributed by atoms with Gasteiger partial charge in [0.05, 0.1) is 4.90 Å². The van der Waals surface area contributed by atoms with Crippen molar-refractivity contribution in [3.63, 3.8) is 0 Å². The lowest BCUT2D eigenvalue weighted by Gasteiger charge is -2.21. The lowest BCUT2D eigenvalue weighted by Crippen LogP contribution is -2.21. The van der Waals surface area contributed by atoms with Gasteiger partial charge >= 0.3 is 0 Å². The van der Waals surface area contributed by atoms with Gasteiger partial charge in [-0.25, -0.2) is 8.42 Å². The van der Waals surface area contributed by atoms with E-state index in [1.54, 1.807) is 43.0 Å². The van der Waals surface area contributed by atoms with E-state index in [1.165, 1.54) is 0 Å². The molecule has 0 aliphatic carbocycles. The zero-order valence-electron chi connectivity index (χ0n) is 11.5. The van der Waals surface area contributed by atoms with E-state index in [2.05, 4.69) is 11.8 Å². The molecule has 0 bridgehead atoms. The maximum absolute atomic E-state index is 12.5. The predicted molar refractivity (Wildman–Crippen MR) is 82.7 cm³/mol. The van der Waals surface area contributed by atoms with Gasteiger partial charge in [0.1, 0.15) is 16.9 Å². The zero-order valence-corrected chi connectivity index (χ0v) is 13.1. The van der Waals surface area contributed by atoms with Crippen molar-refractivity contribution in [3.8, 4) is 17.6 Å². The summed E-state index contributed by atoms with van der Waals surface area (Å²) in [6.45, 7) is 2.07. The van der Waals surface area contributed by atoms with Crippen molar-refractivity contribution in [3.05, 3.63) is 24.3 Å². The van der Waals surface area contributed by atoms with Crippen molar-refractivity contribution >= 4 is 21.6 Å². The lowest BCUT2D eigenvalue weighted by atomic mass is 10.3. The fraction of sp³-hybridized carbons (Fsp3) is 0.467. The number of rotatable bonds is 4. The highest BCUT2D eigenvalue weighted by atomic mass is 32.3. The van der Waals surface area contributed by atoms with Crippen LogP contribution in [-0.4, -0.2) is 25.4 Å². The molecule has 0 amide bonds. The summed E-state index contributed by atoms with van der Waals surface area (Å²) in [6, 6.07) is 6.63. The minimum absolute atomic E-state index is 0.297. The van der Waals surface area contributed by atoms with Crippen molar-refractivity contribution in [2.24, 2.45) is 0 Å². The van der Waals surface area contributed by atoms with Crippen LogP contribution in [0.2, 0.25) is 0 Å². The lowest BCUT2D eigenvalue weighted by molar-refractivity contribution is 0.370. The Morgan fingerprint density at radius 3 is 2.65 bits per heavy atom. The smallest absolute Gasteiger partial charge is 0.190 e. The number of sulfone groups is 1. The molecular formula is C15H18O3S2. The Morgan fingerprint density at radius 1 is 1.30 bits per heavy atom. The molecule has 1 aromatic rings. The first-order chi connectivity index (χ1) is 9.64. The van der Waals surface area contributed by atoms with Crippen LogP contribution in [-0.2, 0) is 9.84 Å². The van der Waals surface area contributed by atoms with Gasteiger partial charge in [-0.2, -0.15) is 0 Å². The second-order valence-corrected chi connectivity index (χ2v) is 8.27. The quantitative estimate of drug-likeness (QED) is 0.802. The molecule has 1 aliphatic heterocycles. The molecule has 3 nitrogen and oxygen atoms in total. The summed E-state index contributed by atoms with van der Waals surface area (Å²) in [7, 11) is -3.22. The topological polar surface area (TPSA) is 43.4 Å². The molecule has 108 valence electrons. The maximum Gasteiger partial charge on any atom is 0.190 e. The Bertz CT molecular complexity index is 588. The van der Waals surface area contributed by atoms with Crippen molar-refractivity contribution in [1.82, 2.24) is 0 Å². The third kappa shape index (κ3) is 3.71. The van der Waals surface area contributed by atoms with Crippen molar-refractivity contribution in [2.45, 2.75) is 35.7 Å². The van der Waals surface area contributed by atoms with E-state index in [9.17, 15) is 8.42 Å². The SMILES string of the molecule is CC#CCOc1ccc(S(=O)(=O)C2CCCCS2)cc1. The molecule has 0 spiro atoms. The Morgan fingerprint density at radius 2 is 2.05 bits per heavy atom. The van der Waals surface area contributed by atoms with E-state index < -0.39 is 9.84 Å². The van der Waals surface area contributed by atoms with Gasteiger partial charge in [0.15, 0.2) is 9.84 Å². The summed E-state index contributed by atoms with van der Waals surface area (Å²) in [5.74, 6) is 7.12. The Kier molecular flexibility index (Phi) is 5.38. The number of ether oxygens (including phenoxy) is 1. The van der Waals surface area contributed by atoms with Crippen LogP contribution in [0.5, 0.6) is 5.75 Å². The molecular weight excluding hydrogens is 292 g/mol. The number of benzene rings is 1. The molecule has 1 heterocycles. The van der Waals surface area contributed by atoms with Crippen molar-refractivity contribution < 1.29 is 13.2 Å². The summed E-state index contributed by atoms with van der Waals surface area (Å²) in [4.78, 5) is 0.380. The summed E-state index contributed by atoms with van der Waals surface area (Å²) >= 11 is 1.55. The average molecular weight is 310 g/mol. The van der Waals surface area contributed by atoms with E-state index >= 15 is 0 Å². The molecule has 0 N–H and O–H groups in total. The molecule has 1 unspecified atom stereocenters. The molecule has 1 fully saturated rings. The first-order valence-corrected chi connectivity index (χ1v) is 9.22. The monoisotopic (exact) mass is 310 g/mol. The first-order valence-electron chi connectivity index (χ1n) is 6.62. The summed E-state index contributed by atoms with van der Waals surface area (Å²) in [5.41, 5.74) is 0. The molecule has 1 saturated heterocycles. The molecule has 5 heteroatoms. The van der Waals surface area contributed by atoms with Crippen LogP contribution in [0.1, 0.15) is 26.2 Å². The molecule has 1 aromatic carbocycles. The van der Waals surface area contributed by atoms with Gasteiger partial charge in [-0.1, -0.05) is 12.3 Å². The van der Waals surface area contributed by atoms with Crippen LogP contribution < -0.4 is 4.74 Å². The molecule has 0 radical (unpaired) electrons. The van der Waals surface area contributed by atoms with E-state index in [0.29, 0.717) is 17.3 Å². The fourth-order valence-electron chi connectivity index (χ4n) is 2.02. The zero-order chi connectivity index (χ0) is 14.4. The number of thioether (sulfide) groups is 1. The van der Waals surface area contributed by atoms with Crippen LogP contribution in [0.4, 0.5) is 0 Å². The van der Waals surface area contributed by atoms with Crippen molar-refractivity contribution in [1.29, 1.82) is 0 Å². The summed E-state index contributed by atoms with van der Waals surface area (Å²) < 4.78 is 30.0.